The van der Waals surface area contributed by atoms with E-state index in [0.717, 1.165) is 12.8 Å². The van der Waals surface area contributed by atoms with E-state index in [1.165, 1.54) is 12.5 Å². The van der Waals surface area contributed by atoms with E-state index in [2.05, 4.69) is 19.3 Å². The van der Waals surface area contributed by atoms with Gasteiger partial charge in [-0.15, -0.1) is 0 Å². The summed E-state index contributed by atoms with van der Waals surface area (Å²) in [6, 6.07) is 4.73. The first-order valence-corrected chi connectivity index (χ1v) is 7.35. The van der Waals surface area contributed by atoms with E-state index < -0.39 is 0 Å². The molecule has 0 amide bonds. The third kappa shape index (κ3) is 3.13. The quantitative estimate of drug-likeness (QED) is 0.656. The van der Waals surface area contributed by atoms with Crippen molar-refractivity contribution in [1.29, 1.82) is 0 Å². The van der Waals surface area contributed by atoms with Crippen molar-refractivity contribution in [3.8, 4) is 5.75 Å². The summed E-state index contributed by atoms with van der Waals surface area (Å²) in [6.45, 7) is 4.52. The standard InChI is InChI=1S/C16H25FN2O/c1-10-7-11(2)9-12(8-10)16(19-18)15-13(17)5-4-6-14(15)20-3/h4-6,10-12,16,19H,7-9,18H2,1-3H3. The minimum absolute atomic E-state index is 0.198. The molecular weight excluding hydrogens is 255 g/mol. The van der Waals surface area contributed by atoms with Crippen LogP contribution in [0.4, 0.5) is 4.39 Å². The zero-order chi connectivity index (χ0) is 14.7. The summed E-state index contributed by atoms with van der Waals surface area (Å²) in [7, 11) is 1.57. The molecule has 0 radical (unpaired) electrons. The molecule has 1 fully saturated rings. The van der Waals surface area contributed by atoms with Crippen LogP contribution in [0.3, 0.4) is 0 Å². The lowest BCUT2D eigenvalue weighted by Crippen LogP contribution is -2.37. The molecule has 112 valence electrons. The molecule has 3 nitrogen and oxygen atoms in total. The summed E-state index contributed by atoms with van der Waals surface area (Å²) >= 11 is 0. The Morgan fingerprint density at radius 1 is 1.25 bits per heavy atom. The normalized spacial score (nSPS) is 28.1. The average molecular weight is 280 g/mol. The molecule has 1 aliphatic carbocycles. The van der Waals surface area contributed by atoms with Crippen LogP contribution in [-0.2, 0) is 0 Å². The Morgan fingerprint density at radius 3 is 2.45 bits per heavy atom. The molecule has 1 aliphatic rings. The van der Waals surface area contributed by atoms with Crippen molar-refractivity contribution in [2.75, 3.05) is 7.11 Å². The lowest BCUT2D eigenvalue weighted by molar-refractivity contribution is 0.173. The Labute approximate surface area is 120 Å². The van der Waals surface area contributed by atoms with Gasteiger partial charge in [0.25, 0.3) is 0 Å². The van der Waals surface area contributed by atoms with Gasteiger partial charge in [0.05, 0.1) is 13.2 Å². The number of hydrogen-bond acceptors (Lipinski definition) is 3. The van der Waals surface area contributed by atoms with Gasteiger partial charge in [-0.1, -0.05) is 19.9 Å². The Hall–Kier alpha value is -1.13. The molecule has 0 bridgehead atoms. The van der Waals surface area contributed by atoms with Crippen molar-refractivity contribution in [2.24, 2.45) is 23.6 Å². The molecule has 1 aromatic rings. The van der Waals surface area contributed by atoms with Crippen LogP contribution >= 0.6 is 0 Å². The predicted octanol–water partition coefficient (Wildman–Crippen LogP) is 3.41. The van der Waals surface area contributed by atoms with Gasteiger partial charge in [0, 0.05) is 5.56 Å². The van der Waals surface area contributed by atoms with Crippen molar-refractivity contribution >= 4 is 0 Å². The highest BCUT2D eigenvalue weighted by Crippen LogP contribution is 2.42. The van der Waals surface area contributed by atoms with E-state index in [-0.39, 0.29) is 11.9 Å². The minimum atomic E-state index is -0.252. The molecule has 3 N–H and O–H groups in total. The molecule has 4 heteroatoms. The lowest BCUT2D eigenvalue weighted by Gasteiger charge is -2.36. The second-order valence-corrected chi connectivity index (χ2v) is 6.18. The highest BCUT2D eigenvalue weighted by Gasteiger charge is 2.33. The van der Waals surface area contributed by atoms with Crippen LogP contribution < -0.4 is 16.0 Å². The Kier molecular flexibility index (Phi) is 5.00. The molecule has 3 unspecified atom stereocenters. The second-order valence-electron chi connectivity index (χ2n) is 6.18. The van der Waals surface area contributed by atoms with Gasteiger partial charge >= 0.3 is 0 Å². The number of hydrogen-bond donors (Lipinski definition) is 2. The largest absolute Gasteiger partial charge is 0.496 e. The predicted molar refractivity (Wildman–Crippen MR) is 78.7 cm³/mol. The van der Waals surface area contributed by atoms with Crippen molar-refractivity contribution in [3.63, 3.8) is 0 Å². The number of nitrogens with one attached hydrogen (secondary N) is 1. The molecule has 0 saturated heterocycles. The number of benzene rings is 1. The molecule has 0 aromatic heterocycles. The second kappa shape index (κ2) is 6.55. The highest BCUT2D eigenvalue weighted by molar-refractivity contribution is 5.37. The van der Waals surface area contributed by atoms with Crippen LogP contribution in [0.25, 0.3) is 0 Å². The first-order valence-electron chi connectivity index (χ1n) is 7.35. The number of methoxy groups -OCH3 is 1. The fourth-order valence-corrected chi connectivity index (χ4v) is 3.73. The van der Waals surface area contributed by atoms with Gasteiger partial charge in [0.1, 0.15) is 11.6 Å². The lowest BCUT2D eigenvalue weighted by atomic mass is 9.72. The number of hydrazine groups is 1. The molecule has 0 aliphatic heterocycles. The third-order valence-electron chi connectivity index (χ3n) is 4.41. The van der Waals surface area contributed by atoms with Crippen molar-refractivity contribution in [3.05, 3.63) is 29.6 Å². The van der Waals surface area contributed by atoms with Gasteiger partial charge < -0.3 is 4.74 Å². The Balaban J connectivity index is 2.32. The monoisotopic (exact) mass is 280 g/mol. The maximum absolute atomic E-state index is 14.2. The fourth-order valence-electron chi connectivity index (χ4n) is 3.73. The smallest absolute Gasteiger partial charge is 0.131 e. The molecule has 1 aromatic carbocycles. The van der Waals surface area contributed by atoms with Crippen molar-refractivity contribution in [2.45, 2.75) is 39.2 Å². The van der Waals surface area contributed by atoms with Crippen molar-refractivity contribution < 1.29 is 9.13 Å². The fraction of sp³-hybridized carbons (Fsp3) is 0.625. The Bertz CT molecular complexity index is 442. The molecule has 1 saturated carbocycles. The molecule has 20 heavy (non-hydrogen) atoms. The van der Waals surface area contributed by atoms with Crippen LogP contribution in [0.2, 0.25) is 0 Å². The Morgan fingerprint density at radius 2 is 1.90 bits per heavy atom. The zero-order valence-electron chi connectivity index (χ0n) is 12.5. The topological polar surface area (TPSA) is 47.3 Å². The summed E-state index contributed by atoms with van der Waals surface area (Å²) in [5.41, 5.74) is 3.38. The first kappa shape index (κ1) is 15.3. The number of nitrogens with two attached hydrogens (primary N) is 1. The molecule has 0 heterocycles. The highest BCUT2D eigenvalue weighted by atomic mass is 19.1. The van der Waals surface area contributed by atoms with Gasteiger partial charge in [-0.3, -0.25) is 11.3 Å². The van der Waals surface area contributed by atoms with Gasteiger partial charge in [-0.05, 0) is 49.1 Å². The van der Waals surface area contributed by atoms with E-state index in [1.807, 2.05) is 0 Å². The summed E-state index contributed by atoms with van der Waals surface area (Å²) in [6.07, 6.45) is 3.37. The molecular formula is C16H25FN2O. The van der Waals surface area contributed by atoms with Gasteiger partial charge in [-0.2, -0.15) is 0 Å². The molecule has 0 spiro atoms. The maximum Gasteiger partial charge on any atom is 0.131 e. The van der Waals surface area contributed by atoms with Crippen LogP contribution in [-0.4, -0.2) is 7.11 Å². The average Bonchev–Trinajstić information content (AvgIpc) is 2.40. The van der Waals surface area contributed by atoms with Crippen LogP contribution in [0.5, 0.6) is 5.75 Å². The molecule has 2 rings (SSSR count). The summed E-state index contributed by atoms with van der Waals surface area (Å²) in [4.78, 5) is 0. The number of halogens is 1. The minimum Gasteiger partial charge on any atom is -0.496 e. The van der Waals surface area contributed by atoms with Gasteiger partial charge in [0.2, 0.25) is 0 Å². The van der Waals surface area contributed by atoms with E-state index in [9.17, 15) is 4.39 Å². The van der Waals surface area contributed by atoms with E-state index in [0.29, 0.717) is 29.1 Å². The summed E-state index contributed by atoms with van der Waals surface area (Å²) in [5, 5.41) is 0. The van der Waals surface area contributed by atoms with Gasteiger partial charge in [-0.25, -0.2) is 4.39 Å². The first-order chi connectivity index (χ1) is 9.56. The van der Waals surface area contributed by atoms with E-state index >= 15 is 0 Å². The summed E-state index contributed by atoms with van der Waals surface area (Å²) in [5.74, 6) is 7.70. The van der Waals surface area contributed by atoms with Crippen molar-refractivity contribution in [1.82, 2.24) is 5.43 Å². The summed E-state index contributed by atoms with van der Waals surface area (Å²) < 4.78 is 19.6. The van der Waals surface area contributed by atoms with E-state index in [4.69, 9.17) is 10.6 Å². The SMILES string of the molecule is COc1cccc(F)c1C(NN)C1CC(C)CC(C)C1. The maximum atomic E-state index is 14.2. The van der Waals surface area contributed by atoms with Crippen LogP contribution in [0, 0.1) is 23.6 Å². The zero-order valence-corrected chi connectivity index (χ0v) is 12.5. The third-order valence-corrected chi connectivity index (χ3v) is 4.41. The number of ether oxygens (including phenoxy) is 1. The van der Waals surface area contributed by atoms with Crippen LogP contribution in [0.1, 0.15) is 44.7 Å². The molecule has 3 atom stereocenters. The van der Waals surface area contributed by atoms with Gasteiger partial charge in [0.15, 0.2) is 0 Å². The van der Waals surface area contributed by atoms with E-state index in [1.54, 1.807) is 19.2 Å². The number of rotatable bonds is 4. The van der Waals surface area contributed by atoms with Crippen LogP contribution in [0.15, 0.2) is 18.2 Å².